The molecule has 0 saturated carbocycles. The third kappa shape index (κ3) is 5.31. The van der Waals surface area contributed by atoms with Crippen molar-refractivity contribution in [1.82, 2.24) is 5.32 Å². The molecular formula is C8H15N. The number of allylic oxidation sites excluding steroid dienone is 3. The lowest BCUT2D eigenvalue weighted by Gasteiger charge is -1.99. The maximum atomic E-state index is 3.10. The van der Waals surface area contributed by atoms with Crippen molar-refractivity contribution in [3.8, 4) is 0 Å². The van der Waals surface area contributed by atoms with Crippen LogP contribution in [0, 0.1) is 0 Å². The lowest BCUT2D eigenvalue weighted by molar-refractivity contribution is 0.729. The molecule has 0 rings (SSSR count). The topological polar surface area (TPSA) is 12.0 Å². The highest BCUT2D eigenvalue weighted by molar-refractivity contribution is 5.04. The van der Waals surface area contributed by atoms with Gasteiger partial charge in [0, 0.05) is 6.04 Å². The van der Waals surface area contributed by atoms with E-state index < -0.39 is 0 Å². The summed E-state index contributed by atoms with van der Waals surface area (Å²) in [7, 11) is 1.95. The second-order valence-electron chi connectivity index (χ2n) is 1.99. The van der Waals surface area contributed by atoms with Crippen molar-refractivity contribution in [3.05, 3.63) is 24.3 Å². The molecule has 9 heavy (non-hydrogen) atoms. The summed E-state index contributed by atoms with van der Waals surface area (Å²) in [4.78, 5) is 0. The van der Waals surface area contributed by atoms with E-state index in [0.717, 1.165) is 0 Å². The summed E-state index contributed by atoms with van der Waals surface area (Å²) < 4.78 is 0. The van der Waals surface area contributed by atoms with Gasteiger partial charge in [-0.05, 0) is 20.9 Å². The number of likely N-dealkylation sites (N-methyl/N-ethyl adjacent to an activating group) is 1. The Bertz CT molecular complexity index is 103. The zero-order valence-corrected chi connectivity index (χ0v) is 6.39. The highest BCUT2D eigenvalue weighted by Gasteiger charge is 1.84. The van der Waals surface area contributed by atoms with Crippen molar-refractivity contribution in [2.75, 3.05) is 7.05 Å². The quantitative estimate of drug-likeness (QED) is 0.566. The third-order valence-electron chi connectivity index (χ3n) is 1.16. The van der Waals surface area contributed by atoms with Crippen LogP contribution in [0.2, 0.25) is 0 Å². The molecule has 0 fully saturated rings. The van der Waals surface area contributed by atoms with E-state index in [0.29, 0.717) is 6.04 Å². The van der Waals surface area contributed by atoms with Crippen molar-refractivity contribution in [1.29, 1.82) is 0 Å². The lowest BCUT2D eigenvalue weighted by Crippen LogP contribution is -2.17. The van der Waals surface area contributed by atoms with Crippen molar-refractivity contribution in [2.45, 2.75) is 19.9 Å². The van der Waals surface area contributed by atoms with Crippen LogP contribution in [0.5, 0.6) is 0 Å². The highest BCUT2D eigenvalue weighted by atomic mass is 14.8. The molecule has 0 heterocycles. The average Bonchev–Trinajstić information content (AvgIpc) is 1.89. The number of hydrogen-bond donors (Lipinski definition) is 1. The first-order valence-corrected chi connectivity index (χ1v) is 3.28. The minimum Gasteiger partial charge on any atom is -0.314 e. The summed E-state index contributed by atoms with van der Waals surface area (Å²) in [6.45, 7) is 4.12. The Morgan fingerprint density at radius 2 is 2.00 bits per heavy atom. The standard InChI is InChI=1S/C8H15N/c1-4-5-6-7-8(2)9-3/h4-9H,1-3H3/b5-4-,7-6-. The van der Waals surface area contributed by atoms with Gasteiger partial charge < -0.3 is 5.32 Å². The van der Waals surface area contributed by atoms with Crippen LogP contribution < -0.4 is 5.32 Å². The van der Waals surface area contributed by atoms with Crippen LogP contribution in [-0.4, -0.2) is 13.1 Å². The molecule has 1 unspecified atom stereocenters. The largest absolute Gasteiger partial charge is 0.314 e. The van der Waals surface area contributed by atoms with E-state index in [1.54, 1.807) is 0 Å². The van der Waals surface area contributed by atoms with Crippen LogP contribution in [0.1, 0.15) is 13.8 Å². The third-order valence-corrected chi connectivity index (χ3v) is 1.16. The Morgan fingerprint density at radius 1 is 1.33 bits per heavy atom. The summed E-state index contributed by atoms with van der Waals surface area (Å²) in [5, 5.41) is 3.10. The highest BCUT2D eigenvalue weighted by Crippen LogP contribution is 1.83. The smallest absolute Gasteiger partial charge is 0.0221 e. The Balaban J connectivity index is 3.43. The van der Waals surface area contributed by atoms with Gasteiger partial charge in [-0.2, -0.15) is 0 Å². The fourth-order valence-electron chi connectivity index (χ4n) is 0.438. The monoisotopic (exact) mass is 125 g/mol. The molecule has 0 spiro atoms. The van der Waals surface area contributed by atoms with Gasteiger partial charge in [-0.15, -0.1) is 0 Å². The van der Waals surface area contributed by atoms with E-state index in [9.17, 15) is 0 Å². The molecule has 0 saturated heterocycles. The molecule has 0 radical (unpaired) electrons. The van der Waals surface area contributed by atoms with Crippen LogP contribution >= 0.6 is 0 Å². The Labute approximate surface area is 57.5 Å². The first kappa shape index (κ1) is 8.44. The van der Waals surface area contributed by atoms with Gasteiger partial charge in [-0.1, -0.05) is 24.3 Å². The molecular weight excluding hydrogens is 110 g/mol. The summed E-state index contributed by atoms with van der Waals surface area (Å²) in [6, 6.07) is 0.473. The molecule has 0 aliphatic rings. The Hall–Kier alpha value is -0.560. The minimum atomic E-state index is 0.473. The summed E-state index contributed by atoms with van der Waals surface area (Å²) in [6.07, 6.45) is 8.19. The van der Waals surface area contributed by atoms with Crippen molar-refractivity contribution < 1.29 is 0 Å². The SMILES string of the molecule is C/C=C\C=C/C(C)NC. The van der Waals surface area contributed by atoms with Crippen molar-refractivity contribution >= 4 is 0 Å². The second-order valence-corrected chi connectivity index (χ2v) is 1.99. The van der Waals surface area contributed by atoms with Gasteiger partial charge in [0.2, 0.25) is 0 Å². The van der Waals surface area contributed by atoms with E-state index in [1.165, 1.54) is 0 Å². The summed E-state index contributed by atoms with van der Waals surface area (Å²) >= 11 is 0. The lowest BCUT2D eigenvalue weighted by atomic mass is 10.3. The van der Waals surface area contributed by atoms with Crippen LogP contribution in [0.15, 0.2) is 24.3 Å². The number of nitrogens with one attached hydrogen (secondary N) is 1. The van der Waals surface area contributed by atoms with Crippen molar-refractivity contribution in [3.63, 3.8) is 0 Å². The van der Waals surface area contributed by atoms with E-state index in [1.807, 2.05) is 32.2 Å². The predicted octanol–water partition coefficient (Wildman–Crippen LogP) is 1.73. The fraction of sp³-hybridized carbons (Fsp3) is 0.500. The summed E-state index contributed by atoms with van der Waals surface area (Å²) in [5.74, 6) is 0. The van der Waals surface area contributed by atoms with E-state index in [-0.39, 0.29) is 0 Å². The average molecular weight is 125 g/mol. The first-order valence-electron chi connectivity index (χ1n) is 3.28. The predicted molar refractivity (Wildman–Crippen MR) is 42.5 cm³/mol. The van der Waals surface area contributed by atoms with Gasteiger partial charge in [0.1, 0.15) is 0 Å². The summed E-state index contributed by atoms with van der Waals surface area (Å²) in [5.41, 5.74) is 0. The fourth-order valence-corrected chi connectivity index (χ4v) is 0.438. The zero-order chi connectivity index (χ0) is 7.11. The zero-order valence-electron chi connectivity index (χ0n) is 6.39. The molecule has 0 aromatic carbocycles. The Morgan fingerprint density at radius 3 is 2.44 bits per heavy atom. The molecule has 0 bridgehead atoms. The molecule has 0 aromatic heterocycles. The van der Waals surface area contributed by atoms with E-state index in [4.69, 9.17) is 0 Å². The number of hydrogen-bond acceptors (Lipinski definition) is 1. The normalized spacial score (nSPS) is 15.4. The van der Waals surface area contributed by atoms with Gasteiger partial charge in [0.05, 0.1) is 0 Å². The van der Waals surface area contributed by atoms with Crippen LogP contribution in [0.3, 0.4) is 0 Å². The molecule has 0 aliphatic heterocycles. The van der Waals surface area contributed by atoms with Crippen LogP contribution in [0.25, 0.3) is 0 Å². The molecule has 0 aromatic rings. The van der Waals surface area contributed by atoms with E-state index >= 15 is 0 Å². The molecule has 1 atom stereocenters. The van der Waals surface area contributed by atoms with Crippen LogP contribution in [-0.2, 0) is 0 Å². The van der Waals surface area contributed by atoms with Crippen LogP contribution in [0.4, 0.5) is 0 Å². The van der Waals surface area contributed by atoms with Gasteiger partial charge in [0.15, 0.2) is 0 Å². The van der Waals surface area contributed by atoms with Crippen molar-refractivity contribution in [2.24, 2.45) is 0 Å². The maximum Gasteiger partial charge on any atom is 0.0221 e. The minimum absolute atomic E-state index is 0.473. The molecule has 52 valence electrons. The molecule has 1 N–H and O–H groups in total. The molecule has 1 nitrogen and oxygen atoms in total. The molecule has 0 amide bonds. The maximum absolute atomic E-state index is 3.10. The molecule has 0 aliphatic carbocycles. The number of rotatable bonds is 3. The second kappa shape index (κ2) is 5.57. The first-order chi connectivity index (χ1) is 4.31. The van der Waals surface area contributed by atoms with Gasteiger partial charge in [-0.3, -0.25) is 0 Å². The van der Waals surface area contributed by atoms with Gasteiger partial charge >= 0.3 is 0 Å². The van der Waals surface area contributed by atoms with E-state index in [2.05, 4.69) is 18.3 Å². The molecule has 1 heteroatoms. The van der Waals surface area contributed by atoms with Gasteiger partial charge in [0.25, 0.3) is 0 Å². The van der Waals surface area contributed by atoms with Gasteiger partial charge in [-0.25, -0.2) is 0 Å². The Kier molecular flexibility index (Phi) is 5.23.